The third-order valence-electron chi connectivity index (χ3n) is 1.88. The number of furan rings is 1. The molecular weight excluding hydrogens is 186 g/mol. The summed E-state index contributed by atoms with van der Waals surface area (Å²) >= 11 is 0. The van der Waals surface area contributed by atoms with Crippen LogP contribution in [0.1, 0.15) is 27.8 Å². The van der Waals surface area contributed by atoms with E-state index in [1.54, 1.807) is 7.05 Å². The van der Waals surface area contributed by atoms with Crippen molar-refractivity contribution in [3.8, 4) is 0 Å². The van der Waals surface area contributed by atoms with E-state index in [2.05, 4.69) is 0 Å². The summed E-state index contributed by atoms with van der Waals surface area (Å²) in [6, 6.07) is 1.22. The number of amides is 1. The number of carboxylic acid groups (broad SMARTS) is 1. The summed E-state index contributed by atoms with van der Waals surface area (Å²) in [6.45, 7) is 2.36. The van der Waals surface area contributed by atoms with Crippen LogP contribution < -0.4 is 0 Å². The van der Waals surface area contributed by atoms with E-state index in [9.17, 15) is 9.59 Å². The first kappa shape index (κ1) is 10.3. The molecule has 1 N–H and O–H groups in total. The van der Waals surface area contributed by atoms with Gasteiger partial charge in [-0.25, -0.2) is 4.79 Å². The Kier molecular flexibility index (Phi) is 2.91. The van der Waals surface area contributed by atoms with Gasteiger partial charge in [-0.3, -0.25) is 4.79 Å². The van der Waals surface area contributed by atoms with Crippen LogP contribution in [0.4, 0.5) is 0 Å². The first-order chi connectivity index (χ1) is 6.56. The highest BCUT2D eigenvalue weighted by Crippen LogP contribution is 2.09. The number of carboxylic acids is 1. The van der Waals surface area contributed by atoms with Crippen molar-refractivity contribution in [3.05, 3.63) is 23.7 Å². The number of carbonyl (C=O) groups is 2. The molecule has 5 nitrogen and oxygen atoms in total. The van der Waals surface area contributed by atoms with E-state index in [1.165, 1.54) is 11.0 Å². The molecule has 1 rings (SSSR count). The van der Waals surface area contributed by atoms with E-state index >= 15 is 0 Å². The van der Waals surface area contributed by atoms with Crippen molar-refractivity contribution in [1.82, 2.24) is 4.90 Å². The molecule has 5 heteroatoms. The highest BCUT2D eigenvalue weighted by atomic mass is 16.4. The number of rotatable bonds is 3. The van der Waals surface area contributed by atoms with Crippen LogP contribution in [0.3, 0.4) is 0 Å². The molecule has 0 saturated carbocycles. The zero-order valence-corrected chi connectivity index (χ0v) is 7.98. The zero-order valence-electron chi connectivity index (χ0n) is 7.98. The van der Waals surface area contributed by atoms with Crippen molar-refractivity contribution in [2.24, 2.45) is 0 Å². The van der Waals surface area contributed by atoms with Gasteiger partial charge in [0.2, 0.25) is 0 Å². The number of nitrogens with zero attached hydrogens (tertiary/aromatic N) is 1. The SMILES string of the molecule is CCN(C)C(=O)c1cc(C(=O)O)co1. The minimum Gasteiger partial charge on any atom is -0.478 e. The molecule has 1 amide bonds. The molecule has 1 aromatic rings. The molecule has 0 unspecified atom stereocenters. The molecule has 0 aliphatic carbocycles. The van der Waals surface area contributed by atoms with Gasteiger partial charge < -0.3 is 14.4 Å². The van der Waals surface area contributed by atoms with E-state index < -0.39 is 5.97 Å². The summed E-state index contributed by atoms with van der Waals surface area (Å²) in [4.78, 5) is 23.4. The summed E-state index contributed by atoms with van der Waals surface area (Å²) in [5, 5.41) is 8.59. The number of aromatic carboxylic acids is 1. The van der Waals surface area contributed by atoms with Crippen LogP contribution >= 0.6 is 0 Å². The van der Waals surface area contributed by atoms with Gasteiger partial charge in [-0.15, -0.1) is 0 Å². The Morgan fingerprint density at radius 1 is 1.57 bits per heavy atom. The molecule has 0 radical (unpaired) electrons. The van der Waals surface area contributed by atoms with Crippen LogP contribution in [0.25, 0.3) is 0 Å². The first-order valence-corrected chi connectivity index (χ1v) is 4.13. The third kappa shape index (κ3) is 1.93. The average molecular weight is 197 g/mol. The van der Waals surface area contributed by atoms with Gasteiger partial charge in [-0.2, -0.15) is 0 Å². The van der Waals surface area contributed by atoms with Crippen LogP contribution in [-0.4, -0.2) is 35.5 Å². The van der Waals surface area contributed by atoms with Gasteiger partial charge >= 0.3 is 5.97 Å². The van der Waals surface area contributed by atoms with Crippen molar-refractivity contribution >= 4 is 11.9 Å². The molecule has 1 heterocycles. The molecule has 0 aliphatic heterocycles. The fraction of sp³-hybridized carbons (Fsp3) is 0.333. The van der Waals surface area contributed by atoms with Gasteiger partial charge in [0.25, 0.3) is 5.91 Å². The predicted octanol–water partition coefficient (Wildman–Crippen LogP) is 1.07. The van der Waals surface area contributed by atoms with Crippen LogP contribution in [0.2, 0.25) is 0 Å². The van der Waals surface area contributed by atoms with Gasteiger partial charge in [0.05, 0.1) is 5.56 Å². The normalized spacial score (nSPS) is 9.86. The summed E-state index contributed by atoms with van der Waals surface area (Å²) in [5.74, 6) is -1.38. The lowest BCUT2D eigenvalue weighted by atomic mass is 10.3. The van der Waals surface area contributed by atoms with E-state index in [-0.39, 0.29) is 17.2 Å². The summed E-state index contributed by atoms with van der Waals surface area (Å²) in [7, 11) is 1.62. The second-order valence-corrected chi connectivity index (χ2v) is 2.82. The highest BCUT2D eigenvalue weighted by Gasteiger charge is 2.16. The minimum atomic E-state index is -1.10. The molecular formula is C9H11NO4. The third-order valence-corrected chi connectivity index (χ3v) is 1.88. The predicted molar refractivity (Wildman–Crippen MR) is 48.3 cm³/mol. The van der Waals surface area contributed by atoms with E-state index in [4.69, 9.17) is 9.52 Å². The fourth-order valence-electron chi connectivity index (χ4n) is 0.892. The lowest BCUT2D eigenvalue weighted by molar-refractivity contribution is 0.0695. The summed E-state index contributed by atoms with van der Waals surface area (Å²) in [6.07, 6.45) is 1.05. The number of hydrogen-bond donors (Lipinski definition) is 1. The fourth-order valence-corrected chi connectivity index (χ4v) is 0.892. The lowest BCUT2D eigenvalue weighted by Crippen LogP contribution is -2.25. The maximum absolute atomic E-state index is 11.5. The van der Waals surface area contributed by atoms with Crippen molar-refractivity contribution in [2.75, 3.05) is 13.6 Å². The van der Waals surface area contributed by atoms with Crippen molar-refractivity contribution in [3.63, 3.8) is 0 Å². The summed E-state index contributed by atoms with van der Waals surface area (Å²) in [5.41, 5.74) is -0.0159. The molecule has 0 saturated heterocycles. The van der Waals surface area contributed by atoms with Crippen LogP contribution in [0, 0.1) is 0 Å². The largest absolute Gasteiger partial charge is 0.478 e. The second kappa shape index (κ2) is 3.95. The Balaban J connectivity index is 2.87. The zero-order chi connectivity index (χ0) is 10.7. The van der Waals surface area contributed by atoms with Crippen LogP contribution in [-0.2, 0) is 0 Å². The Bertz CT molecular complexity index is 355. The second-order valence-electron chi connectivity index (χ2n) is 2.82. The topological polar surface area (TPSA) is 70.8 Å². The Morgan fingerprint density at radius 3 is 2.64 bits per heavy atom. The Labute approximate surface area is 80.9 Å². The first-order valence-electron chi connectivity index (χ1n) is 4.13. The smallest absolute Gasteiger partial charge is 0.338 e. The molecule has 0 bridgehead atoms. The molecule has 14 heavy (non-hydrogen) atoms. The Morgan fingerprint density at radius 2 is 2.21 bits per heavy atom. The lowest BCUT2D eigenvalue weighted by Gasteiger charge is -2.11. The van der Waals surface area contributed by atoms with Crippen LogP contribution in [0.5, 0.6) is 0 Å². The standard InChI is InChI=1S/C9H11NO4/c1-3-10(2)8(11)7-4-6(5-14-7)9(12)13/h4-5H,3H2,1-2H3,(H,12,13). The Hall–Kier alpha value is -1.78. The van der Waals surface area contributed by atoms with Gasteiger partial charge in [-0.1, -0.05) is 0 Å². The quantitative estimate of drug-likeness (QED) is 0.786. The van der Waals surface area contributed by atoms with Gasteiger partial charge in [-0.05, 0) is 6.92 Å². The van der Waals surface area contributed by atoms with Crippen molar-refractivity contribution in [2.45, 2.75) is 6.92 Å². The van der Waals surface area contributed by atoms with E-state index in [0.717, 1.165) is 6.26 Å². The van der Waals surface area contributed by atoms with Crippen LogP contribution in [0.15, 0.2) is 16.7 Å². The molecule has 0 atom stereocenters. The maximum atomic E-state index is 11.5. The maximum Gasteiger partial charge on any atom is 0.338 e. The monoisotopic (exact) mass is 197 g/mol. The molecule has 76 valence electrons. The molecule has 0 spiro atoms. The number of hydrogen-bond acceptors (Lipinski definition) is 3. The number of carbonyl (C=O) groups excluding carboxylic acids is 1. The molecule has 1 aromatic heterocycles. The van der Waals surface area contributed by atoms with Crippen molar-refractivity contribution < 1.29 is 19.1 Å². The van der Waals surface area contributed by atoms with Gasteiger partial charge in [0, 0.05) is 19.7 Å². The van der Waals surface area contributed by atoms with Gasteiger partial charge in [0.15, 0.2) is 5.76 Å². The molecule has 0 fully saturated rings. The summed E-state index contributed by atoms with van der Waals surface area (Å²) < 4.78 is 4.84. The minimum absolute atomic E-state index is 0.0159. The van der Waals surface area contributed by atoms with E-state index in [0.29, 0.717) is 6.54 Å². The highest BCUT2D eigenvalue weighted by molar-refractivity contribution is 5.95. The van der Waals surface area contributed by atoms with Crippen molar-refractivity contribution in [1.29, 1.82) is 0 Å². The van der Waals surface area contributed by atoms with E-state index in [1.807, 2.05) is 6.92 Å². The molecule has 0 aliphatic rings. The van der Waals surface area contributed by atoms with Gasteiger partial charge in [0.1, 0.15) is 6.26 Å². The molecule has 0 aromatic carbocycles. The average Bonchev–Trinajstić information content (AvgIpc) is 2.64.